The summed E-state index contributed by atoms with van der Waals surface area (Å²) in [4.78, 5) is 13.0. The van der Waals surface area contributed by atoms with Crippen molar-refractivity contribution >= 4 is 34.3 Å². The molecule has 0 bridgehead atoms. The predicted molar refractivity (Wildman–Crippen MR) is 107 cm³/mol. The third-order valence-electron chi connectivity index (χ3n) is 4.99. The summed E-state index contributed by atoms with van der Waals surface area (Å²) in [6, 6.07) is 17.8. The van der Waals surface area contributed by atoms with Gasteiger partial charge in [0.1, 0.15) is 0 Å². The molecule has 1 fully saturated rings. The molecule has 27 heavy (non-hydrogen) atoms. The van der Waals surface area contributed by atoms with Gasteiger partial charge in [-0.2, -0.15) is 10.1 Å². The molecule has 0 spiro atoms. The largest absolute Gasteiger partial charge is 0.371 e. The van der Waals surface area contributed by atoms with Crippen molar-refractivity contribution in [2.45, 2.75) is 19.6 Å². The van der Waals surface area contributed by atoms with E-state index in [0.29, 0.717) is 11.7 Å². The van der Waals surface area contributed by atoms with Gasteiger partial charge in [0.15, 0.2) is 0 Å². The van der Waals surface area contributed by atoms with Crippen LogP contribution in [0.25, 0.3) is 17.0 Å². The van der Waals surface area contributed by atoms with E-state index in [1.165, 1.54) is 5.01 Å². The summed E-state index contributed by atoms with van der Waals surface area (Å²) in [5.74, 6) is -0.0962. The zero-order valence-corrected chi connectivity index (χ0v) is 15.0. The van der Waals surface area contributed by atoms with E-state index in [1.807, 2.05) is 55.5 Å². The van der Waals surface area contributed by atoms with Gasteiger partial charge >= 0.3 is 0 Å². The van der Waals surface area contributed by atoms with Crippen LogP contribution < -0.4 is 5.01 Å². The highest BCUT2D eigenvalue weighted by Gasteiger charge is 2.29. The Morgan fingerprint density at radius 2 is 1.89 bits per heavy atom. The monoisotopic (exact) mass is 357 g/mol. The zero-order valence-electron chi connectivity index (χ0n) is 15.0. The number of nitrogens with zero attached hydrogens (tertiary/aromatic N) is 3. The van der Waals surface area contributed by atoms with Gasteiger partial charge < -0.3 is 9.30 Å². The Balaban J connectivity index is 1.55. The molecule has 0 radical (unpaired) electrons. The molecule has 1 amide bonds. The van der Waals surface area contributed by atoms with Crippen LogP contribution in [0.3, 0.4) is 0 Å². The number of para-hydroxylation sites is 2. The first-order valence-electron chi connectivity index (χ1n) is 9.07. The standard InChI is InChI=1S/C22H19N3O2/c1-15-20(22(26)25(23-15)17-7-3-2-4-8-17)11-16-12-24(13-18-14-27-18)21-10-6-5-9-19(16)21/h2-12,18H,13-14H2,1H3/b20-11+. The van der Waals surface area contributed by atoms with Gasteiger partial charge in [-0.1, -0.05) is 36.4 Å². The average Bonchev–Trinajstić information content (AvgIpc) is 3.39. The number of anilines is 1. The van der Waals surface area contributed by atoms with Crippen molar-refractivity contribution in [2.75, 3.05) is 11.6 Å². The Morgan fingerprint density at radius 1 is 1.15 bits per heavy atom. The molecule has 3 heterocycles. The number of benzene rings is 2. The second-order valence-corrected chi connectivity index (χ2v) is 6.91. The first-order valence-corrected chi connectivity index (χ1v) is 9.07. The number of amides is 1. The second kappa shape index (κ2) is 6.21. The van der Waals surface area contributed by atoms with Gasteiger partial charge in [-0.15, -0.1) is 0 Å². The molecule has 0 saturated carbocycles. The summed E-state index contributed by atoms with van der Waals surface area (Å²) in [6.07, 6.45) is 4.35. The van der Waals surface area contributed by atoms with Crippen LogP contribution in [0.4, 0.5) is 5.69 Å². The van der Waals surface area contributed by atoms with Crippen LogP contribution in [-0.2, 0) is 16.1 Å². The maximum Gasteiger partial charge on any atom is 0.280 e. The number of aromatic nitrogens is 1. The van der Waals surface area contributed by atoms with Crippen molar-refractivity contribution < 1.29 is 9.53 Å². The Kier molecular flexibility index (Phi) is 3.69. The molecule has 5 rings (SSSR count). The molecule has 0 N–H and O–H groups in total. The minimum absolute atomic E-state index is 0.0962. The second-order valence-electron chi connectivity index (χ2n) is 6.91. The molecule has 1 unspecified atom stereocenters. The third-order valence-corrected chi connectivity index (χ3v) is 4.99. The molecule has 134 valence electrons. The topological polar surface area (TPSA) is 50.1 Å². The van der Waals surface area contributed by atoms with Crippen molar-refractivity contribution in [3.63, 3.8) is 0 Å². The fraction of sp³-hybridized carbons (Fsp3) is 0.182. The molecule has 3 aromatic rings. The predicted octanol–water partition coefficient (Wildman–Crippen LogP) is 3.85. The van der Waals surface area contributed by atoms with Crippen LogP contribution in [0, 0.1) is 0 Å². The van der Waals surface area contributed by atoms with Crippen LogP contribution in [0.15, 0.2) is 71.5 Å². The highest BCUT2D eigenvalue weighted by Crippen LogP contribution is 2.29. The number of epoxide rings is 1. The van der Waals surface area contributed by atoms with Gasteiger partial charge in [0.25, 0.3) is 5.91 Å². The SMILES string of the molecule is CC1=NN(c2ccccc2)C(=O)/C1=C/c1cn(CC2CO2)c2ccccc12. The van der Waals surface area contributed by atoms with Crippen LogP contribution in [0.2, 0.25) is 0 Å². The molecule has 1 saturated heterocycles. The number of hydrazone groups is 1. The molecule has 2 aromatic carbocycles. The number of hydrogen-bond acceptors (Lipinski definition) is 3. The number of hydrogen-bond donors (Lipinski definition) is 0. The molecule has 1 aromatic heterocycles. The van der Waals surface area contributed by atoms with Gasteiger partial charge in [0.05, 0.1) is 36.2 Å². The number of fused-ring (bicyclic) bond motifs is 1. The normalized spacial score (nSPS) is 20.6. The van der Waals surface area contributed by atoms with E-state index in [0.717, 1.165) is 41.0 Å². The quantitative estimate of drug-likeness (QED) is 0.526. The average molecular weight is 357 g/mol. The van der Waals surface area contributed by atoms with Gasteiger partial charge in [-0.3, -0.25) is 4.79 Å². The highest BCUT2D eigenvalue weighted by atomic mass is 16.6. The minimum atomic E-state index is -0.0962. The lowest BCUT2D eigenvalue weighted by atomic mass is 10.1. The van der Waals surface area contributed by atoms with Gasteiger partial charge in [-0.05, 0) is 31.2 Å². The van der Waals surface area contributed by atoms with E-state index in [-0.39, 0.29) is 5.91 Å². The summed E-state index contributed by atoms with van der Waals surface area (Å²) < 4.78 is 7.59. The van der Waals surface area contributed by atoms with E-state index in [1.54, 1.807) is 0 Å². The molecule has 5 heteroatoms. The van der Waals surface area contributed by atoms with E-state index in [9.17, 15) is 4.79 Å². The van der Waals surface area contributed by atoms with Crippen molar-refractivity contribution in [3.05, 3.63) is 71.9 Å². The number of carbonyl (C=O) groups excluding carboxylic acids is 1. The maximum atomic E-state index is 13.0. The van der Waals surface area contributed by atoms with Gasteiger partial charge in [-0.25, -0.2) is 0 Å². The summed E-state index contributed by atoms with van der Waals surface area (Å²) in [5, 5.41) is 7.07. The summed E-state index contributed by atoms with van der Waals surface area (Å²) in [6.45, 7) is 3.53. The lowest BCUT2D eigenvalue weighted by molar-refractivity contribution is -0.114. The molecule has 0 aliphatic carbocycles. The van der Waals surface area contributed by atoms with Crippen molar-refractivity contribution in [3.8, 4) is 0 Å². The molecular weight excluding hydrogens is 338 g/mol. The van der Waals surface area contributed by atoms with Gasteiger partial charge in [0, 0.05) is 22.7 Å². The van der Waals surface area contributed by atoms with E-state index in [2.05, 4.69) is 28.0 Å². The molecule has 2 aliphatic heterocycles. The van der Waals surface area contributed by atoms with Crippen LogP contribution in [-0.4, -0.2) is 28.9 Å². The van der Waals surface area contributed by atoms with Gasteiger partial charge in [0.2, 0.25) is 0 Å². The first kappa shape index (κ1) is 16.0. The van der Waals surface area contributed by atoms with Crippen molar-refractivity contribution in [2.24, 2.45) is 5.10 Å². The Morgan fingerprint density at radius 3 is 2.67 bits per heavy atom. The first-order chi connectivity index (χ1) is 13.2. The third kappa shape index (κ3) is 2.86. The zero-order chi connectivity index (χ0) is 18.4. The Bertz CT molecular complexity index is 1090. The highest BCUT2D eigenvalue weighted by molar-refractivity contribution is 6.32. The lowest BCUT2D eigenvalue weighted by Gasteiger charge is -2.10. The van der Waals surface area contributed by atoms with Crippen molar-refractivity contribution in [1.82, 2.24) is 4.57 Å². The fourth-order valence-electron chi connectivity index (χ4n) is 3.52. The summed E-state index contributed by atoms with van der Waals surface area (Å²) >= 11 is 0. The fourth-order valence-corrected chi connectivity index (χ4v) is 3.52. The molecule has 1 atom stereocenters. The van der Waals surface area contributed by atoms with Crippen LogP contribution >= 0.6 is 0 Å². The number of carbonyl (C=O) groups is 1. The summed E-state index contributed by atoms with van der Waals surface area (Å²) in [7, 11) is 0. The van der Waals surface area contributed by atoms with E-state index in [4.69, 9.17) is 4.74 Å². The van der Waals surface area contributed by atoms with E-state index < -0.39 is 0 Å². The molecular formula is C22H19N3O2. The maximum absolute atomic E-state index is 13.0. The van der Waals surface area contributed by atoms with Crippen LogP contribution in [0.1, 0.15) is 12.5 Å². The number of ether oxygens (including phenoxy) is 1. The Labute approximate surface area is 157 Å². The molecule has 2 aliphatic rings. The van der Waals surface area contributed by atoms with Crippen molar-refractivity contribution in [1.29, 1.82) is 0 Å². The summed E-state index contributed by atoms with van der Waals surface area (Å²) in [5.41, 5.74) is 4.31. The Hall–Kier alpha value is -3.18. The molecule has 5 nitrogen and oxygen atoms in total. The smallest absolute Gasteiger partial charge is 0.280 e. The minimum Gasteiger partial charge on any atom is -0.371 e. The van der Waals surface area contributed by atoms with E-state index >= 15 is 0 Å². The lowest BCUT2D eigenvalue weighted by Crippen LogP contribution is -2.21. The van der Waals surface area contributed by atoms with Crippen LogP contribution in [0.5, 0.6) is 0 Å². The number of rotatable bonds is 4.